The first-order chi connectivity index (χ1) is 11.0. The van der Waals surface area contributed by atoms with Crippen molar-refractivity contribution in [3.05, 3.63) is 64.4 Å². The Balaban J connectivity index is 1.77. The van der Waals surface area contributed by atoms with E-state index in [1.165, 1.54) is 0 Å². The fourth-order valence-electron chi connectivity index (χ4n) is 1.90. The van der Waals surface area contributed by atoms with Crippen LogP contribution >= 0.6 is 11.6 Å². The van der Waals surface area contributed by atoms with Crippen molar-refractivity contribution in [1.29, 1.82) is 0 Å². The van der Waals surface area contributed by atoms with Gasteiger partial charge in [-0.3, -0.25) is 4.79 Å². The molecule has 2 aromatic rings. The largest absolute Gasteiger partial charge is 0.374 e. The van der Waals surface area contributed by atoms with Gasteiger partial charge < -0.3 is 10.6 Å². The first-order valence-electron chi connectivity index (χ1n) is 6.86. The molecule has 122 valence electrons. The lowest BCUT2D eigenvalue weighted by atomic mass is 10.1. The monoisotopic (exact) mass is 342 g/mol. The van der Waals surface area contributed by atoms with E-state index in [0.717, 1.165) is 17.7 Å². The van der Waals surface area contributed by atoms with Crippen molar-refractivity contribution in [1.82, 2.24) is 5.32 Å². The van der Waals surface area contributed by atoms with E-state index < -0.39 is 17.5 Å². The molecule has 0 fully saturated rings. The van der Waals surface area contributed by atoms with Crippen molar-refractivity contribution < 1.29 is 18.0 Å². The standard InChI is InChI=1S/C16H14ClF3N2O/c17-11-3-1-10(2-4-11)7-8-21-14(23)9-22-13-6-5-12(18)15(19)16(13)20/h1-6,22H,7-9H2,(H,21,23). The molecule has 0 bridgehead atoms. The highest BCUT2D eigenvalue weighted by Crippen LogP contribution is 2.19. The van der Waals surface area contributed by atoms with E-state index >= 15 is 0 Å². The minimum absolute atomic E-state index is 0.247. The summed E-state index contributed by atoms with van der Waals surface area (Å²) in [5.41, 5.74) is 0.742. The number of rotatable bonds is 6. The van der Waals surface area contributed by atoms with Crippen molar-refractivity contribution in [2.75, 3.05) is 18.4 Å². The number of carbonyl (C=O) groups is 1. The van der Waals surface area contributed by atoms with E-state index in [0.29, 0.717) is 18.0 Å². The molecule has 0 saturated heterocycles. The van der Waals surface area contributed by atoms with E-state index in [1.807, 2.05) is 12.1 Å². The predicted molar refractivity (Wildman–Crippen MR) is 83.0 cm³/mol. The Labute approximate surface area is 136 Å². The van der Waals surface area contributed by atoms with Gasteiger partial charge in [-0.05, 0) is 36.2 Å². The van der Waals surface area contributed by atoms with Crippen LogP contribution in [0.5, 0.6) is 0 Å². The van der Waals surface area contributed by atoms with Crippen molar-refractivity contribution in [3.63, 3.8) is 0 Å². The summed E-state index contributed by atoms with van der Waals surface area (Å²) in [6, 6.07) is 9.04. The van der Waals surface area contributed by atoms with Gasteiger partial charge in [-0.2, -0.15) is 0 Å². The van der Waals surface area contributed by atoms with Crippen LogP contribution in [0.4, 0.5) is 18.9 Å². The summed E-state index contributed by atoms with van der Waals surface area (Å²) in [7, 11) is 0. The molecule has 2 aromatic carbocycles. The highest BCUT2D eigenvalue weighted by molar-refractivity contribution is 6.30. The van der Waals surface area contributed by atoms with Gasteiger partial charge in [-0.25, -0.2) is 13.2 Å². The molecule has 0 saturated carbocycles. The summed E-state index contributed by atoms with van der Waals surface area (Å²) in [5, 5.41) is 5.70. The van der Waals surface area contributed by atoms with Gasteiger partial charge in [-0.15, -0.1) is 0 Å². The van der Waals surface area contributed by atoms with Crippen LogP contribution in [0.1, 0.15) is 5.56 Å². The lowest BCUT2D eigenvalue weighted by Gasteiger charge is -2.09. The lowest BCUT2D eigenvalue weighted by molar-refractivity contribution is -0.119. The van der Waals surface area contributed by atoms with E-state index in [1.54, 1.807) is 12.1 Å². The van der Waals surface area contributed by atoms with Crippen LogP contribution in [0.15, 0.2) is 36.4 Å². The molecule has 2 rings (SSSR count). The van der Waals surface area contributed by atoms with E-state index in [4.69, 9.17) is 11.6 Å². The Kier molecular flexibility index (Phi) is 5.87. The molecule has 7 heteroatoms. The number of hydrogen-bond donors (Lipinski definition) is 2. The topological polar surface area (TPSA) is 41.1 Å². The third-order valence-electron chi connectivity index (χ3n) is 3.12. The van der Waals surface area contributed by atoms with Crippen LogP contribution in [0, 0.1) is 17.5 Å². The molecular formula is C16H14ClF3N2O. The van der Waals surface area contributed by atoms with Crippen LogP contribution < -0.4 is 10.6 Å². The summed E-state index contributed by atoms with van der Waals surface area (Å²) in [6.45, 7) is 0.144. The van der Waals surface area contributed by atoms with Crippen LogP contribution in [0.3, 0.4) is 0 Å². The molecule has 0 aliphatic heterocycles. The zero-order valence-electron chi connectivity index (χ0n) is 12.0. The summed E-state index contributed by atoms with van der Waals surface area (Å²) in [6.07, 6.45) is 0.614. The minimum Gasteiger partial charge on any atom is -0.374 e. The van der Waals surface area contributed by atoms with Gasteiger partial charge in [0, 0.05) is 11.6 Å². The maximum absolute atomic E-state index is 13.4. The van der Waals surface area contributed by atoms with Crippen LogP contribution in [0.25, 0.3) is 0 Å². The first-order valence-corrected chi connectivity index (χ1v) is 7.23. The molecule has 2 N–H and O–H groups in total. The Bertz CT molecular complexity index is 692. The molecule has 0 atom stereocenters. The Hall–Kier alpha value is -2.21. The van der Waals surface area contributed by atoms with Gasteiger partial charge in [0.15, 0.2) is 17.5 Å². The van der Waals surface area contributed by atoms with E-state index in [9.17, 15) is 18.0 Å². The van der Waals surface area contributed by atoms with Crippen molar-refractivity contribution >= 4 is 23.2 Å². The highest BCUT2D eigenvalue weighted by atomic mass is 35.5. The molecule has 3 nitrogen and oxygen atoms in total. The normalized spacial score (nSPS) is 10.4. The number of nitrogens with one attached hydrogen (secondary N) is 2. The van der Waals surface area contributed by atoms with Gasteiger partial charge in [0.2, 0.25) is 5.91 Å². The van der Waals surface area contributed by atoms with Crippen LogP contribution in [-0.2, 0) is 11.2 Å². The number of hydrogen-bond acceptors (Lipinski definition) is 2. The highest BCUT2D eigenvalue weighted by Gasteiger charge is 2.13. The second kappa shape index (κ2) is 7.87. The lowest BCUT2D eigenvalue weighted by Crippen LogP contribution is -2.31. The number of benzene rings is 2. The predicted octanol–water partition coefficient (Wildman–Crippen LogP) is 3.53. The Morgan fingerprint density at radius 3 is 2.39 bits per heavy atom. The summed E-state index contributed by atoms with van der Waals surface area (Å²) < 4.78 is 39.2. The molecule has 0 heterocycles. The molecular weight excluding hydrogens is 329 g/mol. The van der Waals surface area contributed by atoms with E-state index in [-0.39, 0.29) is 18.1 Å². The quantitative estimate of drug-likeness (QED) is 0.789. The minimum atomic E-state index is -1.57. The third-order valence-corrected chi connectivity index (χ3v) is 3.38. The third kappa shape index (κ3) is 4.89. The second-order valence-corrected chi connectivity index (χ2v) is 5.24. The van der Waals surface area contributed by atoms with E-state index in [2.05, 4.69) is 10.6 Å². The van der Waals surface area contributed by atoms with Crippen molar-refractivity contribution in [2.45, 2.75) is 6.42 Å². The van der Waals surface area contributed by atoms with Gasteiger partial charge in [0.1, 0.15) is 0 Å². The fraction of sp³-hybridized carbons (Fsp3) is 0.188. The summed E-state index contributed by atoms with van der Waals surface area (Å²) >= 11 is 5.77. The number of amides is 1. The Morgan fingerprint density at radius 2 is 1.70 bits per heavy atom. The van der Waals surface area contributed by atoms with Gasteiger partial charge >= 0.3 is 0 Å². The zero-order chi connectivity index (χ0) is 16.8. The molecule has 0 unspecified atom stereocenters. The molecule has 0 aliphatic rings. The smallest absolute Gasteiger partial charge is 0.239 e. The zero-order valence-corrected chi connectivity index (χ0v) is 12.8. The van der Waals surface area contributed by atoms with Gasteiger partial charge in [0.05, 0.1) is 12.2 Å². The fourth-order valence-corrected chi connectivity index (χ4v) is 2.02. The molecule has 0 aliphatic carbocycles. The number of anilines is 1. The maximum atomic E-state index is 13.4. The summed E-state index contributed by atoms with van der Waals surface area (Å²) in [5.74, 6) is -4.58. The molecule has 0 aromatic heterocycles. The summed E-state index contributed by atoms with van der Waals surface area (Å²) in [4.78, 5) is 11.6. The second-order valence-electron chi connectivity index (χ2n) is 4.80. The van der Waals surface area contributed by atoms with Gasteiger partial charge in [-0.1, -0.05) is 23.7 Å². The maximum Gasteiger partial charge on any atom is 0.239 e. The SMILES string of the molecule is O=C(CNc1ccc(F)c(F)c1F)NCCc1ccc(Cl)cc1. The van der Waals surface area contributed by atoms with Crippen LogP contribution in [-0.4, -0.2) is 19.0 Å². The average molecular weight is 343 g/mol. The van der Waals surface area contributed by atoms with Gasteiger partial charge in [0.25, 0.3) is 0 Å². The van der Waals surface area contributed by atoms with Crippen LogP contribution in [0.2, 0.25) is 5.02 Å². The first kappa shape index (κ1) is 17.1. The number of carbonyl (C=O) groups excluding carboxylic acids is 1. The molecule has 1 amide bonds. The van der Waals surface area contributed by atoms with Crippen molar-refractivity contribution in [2.24, 2.45) is 0 Å². The van der Waals surface area contributed by atoms with Crippen molar-refractivity contribution in [3.8, 4) is 0 Å². The molecule has 0 radical (unpaired) electrons. The Morgan fingerprint density at radius 1 is 1.00 bits per heavy atom. The number of halogens is 4. The molecule has 23 heavy (non-hydrogen) atoms. The molecule has 0 spiro atoms. The average Bonchev–Trinajstić information content (AvgIpc) is 2.54.